The molecule has 1 saturated carbocycles. The van der Waals surface area contributed by atoms with Crippen LogP contribution in [-0.2, 0) is 4.79 Å². The van der Waals surface area contributed by atoms with Crippen LogP contribution in [0.1, 0.15) is 59.3 Å². The van der Waals surface area contributed by atoms with Crippen molar-refractivity contribution < 1.29 is 4.79 Å². The molecule has 0 aromatic heterocycles. The van der Waals surface area contributed by atoms with E-state index in [1.807, 2.05) is 0 Å². The molecule has 1 aliphatic rings. The molecular formula is C15H29NO. The van der Waals surface area contributed by atoms with Crippen LogP contribution in [0.5, 0.6) is 0 Å². The number of aldehydes is 1. The smallest absolute Gasteiger partial charge is 0.127 e. The van der Waals surface area contributed by atoms with Gasteiger partial charge in [-0.3, -0.25) is 0 Å². The Morgan fingerprint density at radius 2 is 1.65 bits per heavy atom. The third kappa shape index (κ3) is 5.20. The Balaban J connectivity index is 2.57. The molecule has 0 bridgehead atoms. The average molecular weight is 239 g/mol. The molecule has 1 rings (SSSR count). The van der Waals surface area contributed by atoms with Crippen LogP contribution in [0.15, 0.2) is 0 Å². The van der Waals surface area contributed by atoms with Crippen molar-refractivity contribution in [2.24, 2.45) is 10.8 Å². The zero-order chi connectivity index (χ0) is 12.9. The summed E-state index contributed by atoms with van der Waals surface area (Å²) in [6, 6.07) is 0. The van der Waals surface area contributed by atoms with Crippen LogP contribution in [-0.4, -0.2) is 31.3 Å². The Morgan fingerprint density at radius 3 is 2.06 bits per heavy atom. The van der Waals surface area contributed by atoms with Gasteiger partial charge in [0, 0.05) is 18.5 Å². The molecule has 0 radical (unpaired) electrons. The number of carbonyl (C=O) groups is 1. The van der Waals surface area contributed by atoms with Gasteiger partial charge >= 0.3 is 0 Å². The number of carbonyl (C=O) groups excluding carboxylic acids is 1. The summed E-state index contributed by atoms with van der Waals surface area (Å²) in [6.07, 6.45) is 8.48. The normalized spacial score (nSPS) is 21.2. The van der Waals surface area contributed by atoms with Gasteiger partial charge in [0.25, 0.3) is 0 Å². The SMILES string of the molecule is CN(CC(C)(C)C)CC1(C=O)CCCCCC1. The van der Waals surface area contributed by atoms with E-state index in [2.05, 4.69) is 32.7 Å². The van der Waals surface area contributed by atoms with Crippen LogP contribution >= 0.6 is 0 Å². The molecule has 2 nitrogen and oxygen atoms in total. The van der Waals surface area contributed by atoms with E-state index in [0.717, 1.165) is 25.9 Å². The zero-order valence-electron chi connectivity index (χ0n) is 12.1. The third-order valence-corrected chi connectivity index (χ3v) is 3.68. The van der Waals surface area contributed by atoms with Crippen molar-refractivity contribution in [3.63, 3.8) is 0 Å². The van der Waals surface area contributed by atoms with E-state index in [9.17, 15) is 4.79 Å². The molecule has 0 saturated heterocycles. The summed E-state index contributed by atoms with van der Waals surface area (Å²) in [7, 11) is 2.15. The van der Waals surface area contributed by atoms with Gasteiger partial charge in [-0.05, 0) is 25.3 Å². The van der Waals surface area contributed by atoms with E-state index < -0.39 is 0 Å². The molecule has 0 heterocycles. The highest BCUT2D eigenvalue weighted by atomic mass is 16.1. The van der Waals surface area contributed by atoms with Gasteiger partial charge in [-0.1, -0.05) is 46.5 Å². The van der Waals surface area contributed by atoms with Gasteiger partial charge in [0.1, 0.15) is 6.29 Å². The predicted octanol–water partition coefficient (Wildman–Crippen LogP) is 3.50. The van der Waals surface area contributed by atoms with E-state index in [0.29, 0.717) is 5.41 Å². The largest absolute Gasteiger partial charge is 0.305 e. The van der Waals surface area contributed by atoms with E-state index >= 15 is 0 Å². The van der Waals surface area contributed by atoms with Gasteiger partial charge in [0.05, 0.1) is 0 Å². The Kier molecular flexibility index (Phi) is 5.18. The van der Waals surface area contributed by atoms with Crippen LogP contribution in [0.2, 0.25) is 0 Å². The van der Waals surface area contributed by atoms with Crippen molar-refractivity contribution in [2.45, 2.75) is 59.3 Å². The van der Waals surface area contributed by atoms with E-state index in [4.69, 9.17) is 0 Å². The molecule has 100 valence electrons. The Bertz CT molecular complexity index is 234. The number of hydrogen-bond donors (Lipinski definition) is 0. The second kappa shape index (κ2) is 5.99. The minimum atomic E-state index is -0.0590. The lowest BCUT2D eigenvalue weighted by molar-refractivity contribution is -0.118. The van der Waals surface area contributed by atoms with Gasteiger partial charge in [0.15, 0.2) is 0 Å². The van der Waals surface area contributed by atoms with E-state index in [1.54, 1.807) is 0 Å². The molecule has 2 heteroatoms. The van der Waals surface area contributed by atoms with Gasteiger partial charge in [0.2, 0.25) is 0 Å². The predicted molar refractivity (Wildman–Crippen MR) is 73.2 cm³/mol. The van der Waals surface area contributed by atoms with Crippen molar-refractivity contribution in [2.75, 3.05) is 20.1 Å². The highest BCUT2D eigenvalue weighted by Gasteiger charge is 2.32. The quantitative estimate of drug-likeness (QED) is 0.553. The van der Waals surface area contributed by atoms with E-state index in [1.165, 1.54) is 32.0 Å². The molecule has 0 spiro atoms. The maximum absolute atomic E-state index is 11.5. The zero-order valence-corrected chi connectivity index (χ0v) is 12.1. The minimum absolute atomic E-state index is 0.0590. The van der Waals surface area contributed by atoms with E-state index in [-0.39, 0.29) is 5.41 Å². The first-order valence-electron chi connectivity index (χ1n) is 7.02. The first-order valence-corrected chi connectivity index (χ1v) is 7.02. The highest BCUT2D eigenvalue weighted by Crippen LogP contribution is 2.34. The van der Waals surface area contributed by atoms with Gasteiger partial charge < -0.3 is 9.69 Å². The maximum atomic E-state index is 11.5. The Labute approximate surface area is 107 Å². The maximum Gasteiger partial charge on any atom is 0.127 e. The van der Waals surface area contributed by atoms with Crippen molar-refractivity contribution in [3.8, 4) is 0 Å². The van der Waals surface area contributed by atoms with Crippen LogP contribution in [0.3, 0.4) is 0 Å². The number of hydrogen-bond acceptors (Lipinski definition) is 2. The van der Waals surface area contributed by atoms with Crippen LogP contribution in [0.4, 0.5) is 0 Å². The highest BCUT2D eigenvalue weighted by molar-refractivity contribution is 5.59. The average Bonchev–Trinajstić information content (AvgIpc) is 2.41. The summed E-state index contributed by atoms with van der Waals surface area (Å²) in [5.74, 6) is 0. The molecule has 0 atom stereocenters. The number of nitrogens with zero attached hydrogens (tertiary/aromatic N) is 1. The molecule has 0 aromatic rings. The minimum Gasteiger partial charge on any atom is -0.305 e. The van der Waals surface area contributed by atoms with Gasteiger partial charge in [-0.25, -0.2) is 0 Å². The third-order valence-electron chi connectivity index (χ3n) is 3.68. The van der Waals surface area contributed by atoms with Crippen molar-refractivity contribution >= 4 is 6.29 Å². The van der Waals surface area contributed by atoms with Crippen LogP contribution in [0, 0.1) is 10.8 Å². The molecule has 0 aliphatic heterocycles. The summed E-state index contributed by atoms with van der Waals surface area (Å²) < 4.78 is 0. The molecule has 0 N–H and O–H groups in total. The monoisotopic (exact) mass is 239 g/mol. The molecule has 17 heavy (non-hydrogen) atoms. The molecule has 1 fully saturated rings. The molecule has 1 aliphatic carbocycles. The van der Waals surface area contributed by atoms with Gasteiger partial charge in [-0.2, -0.15) is 0 Å². The fourth-order valence-corrected chi connectivity index (χ4v) is 3.15. The van der Waals surface area contributed by atoms with Crippen molar-refractivity contribution in [3.05, 3.63) is 0 Å². The lowest BCUT2D eigenvalue weighted by atomic mass is 9.81. The summed E-state index contributed by atoms with van der Waals surface area (Å²) in [5, 5.41) is 0. The Hall–Kier alpha value is -0.370. The van der Waals surface area contributed by atoms with Crippen molar-refractivity contribution in [1.82, 2.24) is 4.90 Å². The molecule has 0 unspecified atom stereocenters. The Morgan fingerprint density at radius 1 is 1.12 bits per heavy atom. The lowest BCUT2D eigenvalue weighted by Gasteiger charge is -2.34. The second-order valence-electron chi connectivity index (χ2n) is 7.13. The first-order chi connectivity index (χ1) is 7.87. The standard InChI is InChI=1S/C15H29NO/c1-14(2,3)11-16(4)12-15(13-17)9-7-5-6-8-10-15/h13H,5-12H2,1-4H3. The molecule has 0 aromatic carbocycles. The van der Waals surface area contributed by atoms with Crippen LogP contribution in [0.25, 0.3) is 0 Å². The molecule has 0 amide bonds. The fraction of sp³-hybridized carbons (Fsp3) is 0.933. The summed E-state index contributed by atoms with van der Waals surface area (Å²) in [6.45, 7) is 8.76. The summed E-state index contributed by atoms with van der Waals surface area (Å²) >= 11 is 0. The second-order valence-corrected chi connectivity index (χ2v) is 7.13. The number of rotatable bonds is 4. The fourth-order valence-electron chi connectivity index (χ4n) is 3.15. The van der Waals surface area contributed by atoms with Gasteiger partial charge in [-0.15, -0.1) is 0 Å². The summed E-state index contributed by atoms with van der Waals surface area (Å²) in [4.78, 5) is 13.9. The topological polar surface area (TPSA) is 20.3 Å². The summed E-state index contributed by atoms with van der Waals surface area (Å²) in [5.41, 5.74) is 0.250. The lowest BCUT2D eigenvalue weighted by Crippen LogP contribution is -2.40. The first kappa shape index (κ1) is 14.7. The molecular weight excluding hydrogens is 210 g/mol. The van der Waals surface area contributed by atoms with Crippen molar-refractivity contribution in [1.29, 1.82) is 0 Å². The van der Waals surface area contributed by atoms with Crippen LogP contribution < -0.4 is 0 Å².